The SMILES string of the molecule is FC(F)(F)c1ccccc1C1=C2CNCCC2=C=C=C1. The molecule has 1 nitrogen and oxygen atoms in total. The Labute approximate surface area is 114 Å². The average molecular weight is 275 g/mol. The van der Waals surface area contributed by atoms with Crippen LogP contribution in [0.3, 0.4) is 0 Å². The summed E-state index contributed by atoms with van der Waals surface area (Å²) in [7, 11) is 0. The second kappa shape index (κ2) is 4.84. The minimum Gasteiger partial charge on any atom is -0.312 e. The van der Waals surface area contributed by atoms with Gasteiger partial charge in [-0.1, -0.05) is 29.7 Å². The van der Waals surface area contributed by atoms with Crippen LogP contribution in [-0.4, -0.2) is 13.1 Å². The normalized spacial score (nSPS) is 18.1. The van der Waals surface area contributed by atoms with Gasteiger partial charge in [-0.2, -0.15) is 13.2 Å². The molecular weight excluding hydrogens is 263 g/mol. The average Bonchev–Trinajstić information content (AvgIpc) is 2.46. The maximum Gasteiger partial charge on any atom is 0.417 e. The minimum absolute atomic E-state index is 0.213. The van der Waals surface area contributed by atoms with Crippen LogP contribution in [0.2, 0.25) is 0 Å². The van der Waals surface area contributed by atoms with Gasteiger partial charge in [0.15, 0.2) is 0 Å². The fourth-order valence-electron chi connectivity index (χ4n) is 2.57. The Morgan fingerprint density at radius 3 is 2.75 bits per heavy atom. The van der Waals surface area contributed by atoms with E-state index in [1.54, 1.807) is 12.1 Å². The smallest absolute Gasteiger partial charge is 0.312 e. The Bertz CT molecular complexity index is 682. The number of nitrogens with one attached hydrogen (secondary N) is 1. The lowest BCUT2D eigenvalue weighted by Gasteiger charge is -2.23. The summed E-state index contributed by atoms with van der Waals surface area (Å²) in [4.78, 5) is 0. The number of hydrogen-bond donors (Lipinski definition) is 1. The van der Waals surface area contributed by atoms with Crippen molar-refractivity contribution in [3.8, 4) is 0 Å². The molecule has 1 aromatic rings. The Hall–Kier alpha value is -1.99. The number of hydrogen-bond acceptors (Lipinski definition) is 1. The largest absolute Gasteiger partial charge is 0.417 e. The highest BCUT2D eigenvalue weighted by atomic mass is 19.4. The van der Waals surface area contributed by atoms with Crippen molar-refractivity contribution in [3.63, 3.8) is 0 Å². The van der Waals surface area contributed by atoms with Crippen molar-refractivity contribution in [2.75, 3.05) is 13.1 Å². The van der Waals surface area contributed by atoms with Crippen molar-refractivity contribution in [3.05, 3.63) is 64.1 Å². The maximum absolute atomic E-state index is 13.1. The van der Waals surface area contributed by atoms with Gasteiger partial charge >= 0.3 is 6.18 Å². The summed E-state index contributed by atoms with van der Waals surface area (Å²) < 4.78 is 39.4. The third-order valence-electron chi connectivity index (χ3n) is 3.51. The van der Waals surface area contributed by atoms with E-state index in [4.69, 9.17) is 0 Å². The first kappa shape index (κ1) is 13.0. The fourth-order valence-corrected chi connectivity index (χ4v) is 2.57. The molecule has 102 valence electrons. The second-order valence-corrected chi connectivity index (χ2v) is 4.75. The van der Waals surface area contributed by atoms with Crippen LogP contribution >= 0.6 is 0 Å². The molecule has 1 aliphatic carbocycles. The van der Waals surface area contributed by atoms with Gasteiger partial charge in [-0.25, -0.2) is 0 Å². The van der Waals surface area contributed by atoms with Crippen LogP contribution in [0.25, 0.3) is 5.57 Å². The summed E-state index contributed by atoms with van der Waals surface area (Å²) in [6, 6.07) is 5.68. The molecule has 1 N–H and O–H groups in total. The van der Waals surface area contributed by atoms with Crippen LogP contribution in [0, 0.1) is 0 Å². The monoisotopic (exact) mass is 275 g/mol. The zero-order valence-corrected chi connectivity index (χ0v) is 10.6. The van der Waals surface area contributed by atoms with Gasteiger partial charge in [0.25, 0.3) is 0 Å². The van der Waals surface area contributed by atoms with Crippen molar-refractivity contribution < 1.29 is 13.2 Å². The van der Waals surface area contributed by atoms with Gasteiger partial charge < -0.3 is 5.32 Å². The van der Waals surface area contributed by atoms with Gasteiger partial charge in [0.05, 0.1) is 5.56 Å². The fraction of sp³-hybridized carbons (Fsp3) is 0.250. The van der Waals surface area contributed by atoms with Crippen LogP contribution in [-0.2, 0) is 6.18 Å². The molecule has 0 bridgehead atoms. The lowest BCUT2D eigenvalue weighted by molar-refractivity contribution is -0.137. The molecule has 0 spiro atoms. The Morgan fingerprint density at radius 1 is 1.15 bits per heavy atom. The predicted molar refractivity (Wildman–Crippen MR) is 71.0 cm³/mol. The van der Waals surface area contributed by atoms with E-state index in [-0.39, 0.29) is 5.56 Å². The summed E-state index contributed by atoms with van der Waals surface area (Å²) in [6.07, 6.45) is -1.99. The Balaban J connectivity index is 2.18. The molecule has 1 aromatic carbocycles. The molecule has 20 heavy (non-hydrogen) atoms. The van der Waals surface area contributed by atoms with E-state index >= 15 is 0 Å². The van der Waals surface area contributed by atoms with E-state index in [1.807, 2.05) is 0 Å². The number of rotatable bonds is 1. The highest BCUT2D eigenvalue weighted by Gasteiger charge is 2.34. The zero-order valence-electron chi connectivity index (χ0n) is 10.6. The van der Waals surface area contributed by atoms with Crippen LogP contribution in [0.1, 0.15) is 17.5 Å². The summed E-state index contributed by atoms with van der Waals surface area (Å²) in [5, 5.41) is 3.19. The van der Waals surface area contributed by atoms with E-state index < -0.39 is 11.7 Å². The van der Waals surface area contributed by atoms with Crippen LogP contribution in [0.15, 0.2) is 53.0 Å². The highest BCUT2D eigenvalue weighted by Crippen LogP contribution is 2.38. The molecule has 2 aliphatic rings. The first-order chi connectivity index (χ1) is 9.57. The summed E-state index contributed by atoms with van der Waals surface area (Å²) in [6.45, 7) is 1.39. The Morgan fingerprint density at radius 2 is 1.95 bits per heavy atom. The van der Waals surface area contributed by atoms with Crippen LogP contribution < -0.4 is 5.32 Å². The molecule has 0 amide bonds. The minimum atomic E-state index is -4.36. The molecule has 1 aliphatic heterocycles. The molecule has 0 atom stereocenters. The number of piperidine rings is 1. The van der Waals surface area contributed by atoms with E-state index in [1.165, 1.54) is 12.1 Å². The third kappa shape index (κ3) is 2.25. The summed E-state index contributed by atoms with van der Waals surface area (Å²) in [5.74, 6) is 0. The first-order valence-corrected chi connectivity index (χ1v) is 6.39. The molecule has 0 radical (unpaired) electrons. The predicted octanol–water partition coefficient (Wildman–Crippen LogP) is 3.70. The maximum atomic E-state index is 13.1. The van der Waals surface area contributed by atoms with Crippen molar-refractivity contribution in [1.29, 1.82) is 0 Å². The lowest BCUT2D eigenvalue weighted by Crippen LogP contribution is -2.26. The van der Waals surface area contributed by atoms with Crippen molar-refractivity contribution in [1.82, 2.24) is 5.32 Å². The molecule has 0 aromatic heterocycles. The number of halogens is 3. The van der Waals surface area contributed by atoms with Crippen molar-refractivity contribution >= 4 is 5.57 Å². The highest BCUT2D eigenvalue weighted by molar-refractivity contribution is 5.83. The summed E-state index contributed by atoms with van der Waals surface area (Å²) in [5.41, 5.74) is 7.91. The molecule has 1 saturated heterocycles. The standard InChI is InChI=1S/C16H12F3N/c17-16(18,19)15-7-2-1-5-13(15)12-6-3-4-11-8-9-20-10-14(11)12/h1-2,5-7,20H,8-10H2. The molecule has 3 rings (SSSR count). The van der Waals surface area contributed by atoms with Crippen LogP contribution in [0.5, 0.6) is 0 Å². The second-order valence-electron chi connectivity index (χ2n) is 4.75. The molecule has 0 unspecified atom stereocenters. The van der Waals surface area contributed by atoms with Crippen molar-refractivity contribution in [2.45, 2.75) is 12.6 Å². The van der Waals surface area contributed by atoms with E-state index in [9.17, 15) is 13.2 Å². The number of fused-ring (bicyclic) bond motifs is 1. The number of allylic oxidation sites excluding steroid dienone is 2. The molecule has 4 heteroatoms. The van der Waals surface area contributed by atoms with E-state index in [0.29, 0.717) is 12.1 Å². The van der Waals surface area contributed by atoms with Gasteiger partial charge in [0.2, 0.25) is 0 Å². The molecule has 1 fully saturated rings. The van der Waals surface area contributed by atoms with E-state index in [2.05, 4.69) is 16.8 Å². The quantitative estimate of drug-likeness (QED) is 0.771. The Kier molecular flexibility index (Phi) is 3.15. The number of benzene rings is 1. The molecular formula is C16H12F3N. The number of alkyl halides is 3. The van der Waals surface area contributed by atoms with Crippen molar-refractivity contribution in [2.24, 2.45) is 0 Å². The van der Waals surface area contributed by atoms with Gasteiger partial charge in [-0.05, 0) is 35.3 Å². The van der Waals surface area contributed by atoms with E-state index in [0.717, 1.165) is 30.2 Å². The van der Waals surface area contributed by atoms with Gasteiger partial charge in [0, 0.05) is 18.7 Å². The molecule has 0 saturated carbocycles. The van der Waals surface area contributed by atoms with Crippen LogP contribution in [0.4, 0.5) is 13.2 Å². The first-order valence-electron chi connectivity index (χ1n) is 6.39. The third-order valence-corrected chi connectivity index (χ3v) is 3.51. The topological polar surface area (TPSA) is 12.0 Å². The van der Waals surface area contributed by atoms with Gasteiger partial charge in [0.1, 0.15) is 0 Å². The molecule has 1 heterocycles. The zero-order chi connectivity index (χ0) is 14.2. The summed E-state index contributed by atoms with van der Waals surface area (Å²) >= 11 is 0. The van der Waals surface area contributed by atoms with Gasteiger partial charge in [-0.3, -0.25) is 0 Å². The van der Waals surface area contributed by atoms with Gasteiger partial charge in [-0.15, -0.1) is 0 Å². The lowest BCUT2D eigenvalue weighted by atomic mass is 9.87.